The first-order chi connectivity index (χ1) is 6.05. The van der Waals surface area contributed by atoms with Crippen molar-refractivity contribution in [3.05, 3.63) is 0 Å². The van der Waals surface area contributed by atoms with E-state index in [0.717, 1.165) is 6.42 Å². The number of carbonyl (C=O) groups excluding carboxylic acids is 1. The first-order valence-electron chi connectivity index (χ1n) is 3.60. The van der Waals surface area contributed by atoms with E-state index in [1.54, 1.807) is 0 Å². The van der Waals surface area contributed by atoms with Crippen molar-refractivity contribution >= 4 is 16.4 Å². The van der Waals surface area contributed by atoms with Gasteiger partial charge < -0.3 is 9.50 Å². The molecule has 1 fully saturated rings. The molecule has 0 spiro atoms. The zero-order valence-corrected chi connectivity index (χ0v) is 7.41. The highest BCUT2D eigenvalue weighted by Gasteiger charge is 2.28. The summed E-state index contributed by atoms with van der Waals surface area (Å²) >= 11 is 0. The molecule has 0 aromatic heterocycles. The molecule has 2 N–H and O–H groups in total. The Morgan fingerprint density at radius 1 is 1.54 bits per heavy atom. The molecule has 0 aromatic carbocycles. The topological polar surface area (TPSA) is 102 Å². The number of nitrogens with one attached hydrogen (secondary N) is 1. The molecule has 0 aliphatic carbocycles. The fraction of sp³-hybridized carbons (Fsp3) is 0.800. The van der Waals surface area contributed by atoms with Gasteiger partial charge in [0.15, 0.2) is 0 Å². The second-order valence-corrected chi connectivity index (χ2v) is 3.67. The monoisotopic (exact) mass is 211 g/mol. The minimum absolute atomic E-state index is 0.514. The normalized spacial score (nSPS) is 23.0. The van der Waals surface area contributed by atoms with Gasteiger partial charge in [-0.15, -0.1) is 0 Å². The third kappa shape index (κ3) is 2.92. The molecule has 1 atom stereocenters. The molecule has 1 heterocycles. The van der Waals surface area contributed by atoms with E-state index < -0.39 is 22.4 Å². The summed E-state index contributed by atoms with van der Waals surface area (Å²) in [6.07, 6.45) is 1.29. The summed E-state index contributed by atoms with van der Waals surface area (Å²) in [5, 5.41) is 10.5. The molecular weight excluding hydrogens is 202 g/mol. The van der Waals surface area contributed by atoms with Crippen LogP contribution in [0.15, 0.2) is 0 Å². The van der Waals surface area contributed by atoms with Gasteiger partial charge in [0.25, 0.3) is 0 Å². The molecule has 13 heavy (non-hydrogen) atoms. The third-order valence-corrected chi connectivity index (χ3v) is 2.17. The Morgan fingerprint density at radius 3 is 2.69 bits per heavy atom. The summed E-state index contributed by atoms with van der Waals surface area (Å²) < 4.78 is 27.7. The van der Waals surface area contributed by atoms with E-state index in [2.05, 4.69) is 13.8 Å². The molecule has 1 unspecified atom stereocenters. The molecular formula is C5H9NO6S. The Bertz CT molecular complexity index is 279. The maximum absolute atomic E-state index is 11.0. The summed E-state index contributed by atoms with van der Waals surface area (Å²) in [6.45, 7) is 0.639. The molecule has 0 amide bonds. The number of rotatable bonds is 3. The highest BCUT2D eigenvalue weighted by molar-refractivity contribution is 7.82. The number of hydrogen-bond donors (Lipinski definition) is 2. The molecule has 1 aliphatic heterocycles. The standard InChI is InChI=1S/C5H9NO6S/c7-5(4-2-1-3-6-4)11-13(9,10)12-8/h4,6,8H,1-3H2. The van der Waals surface area contributed by atoms with Crippen molar-refractivity contribution in [2.24, 2.45) is 0 Å². The van der Waals surface area contributed by atoms with Gasteiger partial charge in [0.05, 0.1) is 0 Å². The second-order valence-electron chi connectivity index (χ2n) is 2.53. The number of carbonyl (C=O) groups is 1. The fourth-order valence-electron chi connectivity index (χ4n) is 1.06. The molecule has 76 valence electrons. The van der Waals surface area contributed by atoms with Crippen LogP contribution in [0.25, 0.3) is 0 Å². The van der Waals surface area contributed by atoms with Crippen molar-refractivity contribution in [2.45, 2.75) is 18.9 Å². The van der Waals surface area contributed by atoms with E-state index in [1.807, 2.05) is 0 Å². The minimum atomic E-state index is -4.59. The molecule has 1 rings (SSSR count). The van der Waals surface area contributed by atoms with Crippen molar-refractivity contribution in [3.8, 4) is 0 Å². The largest absolute Gasteiger partial charge is 0.478 e. The van der Waals surface area contributed by atoms with Gasteiger partial charge in [0.2, 0.25) is 0 Å². The Hall–Kier alpha value is -0.700. The lowest BCUT2D eigenvalue weighted by molar-refractivity contribution is -0.154. The quantitative estimate of drug-likeness (QED) is 0.456. The van der Waals surface area contributed by atoms with Crippen molar-refractivity contribution in [2.75, 3.05) is 6.54 Å². The SMILES string of the molecule is O=C(OS(=O)(=O)OO)C1CCCN1. The van der Waals surface area contributed by atoms with E-state index >= 15 is 0 Å². The average molecular weight is 211 g/mol. The van der Waals surface area contributed by atoms with E-state index in [4.69, 9.17) is 5.26 Å². The molecule has 0 saturated carbocycles. The fourth-order valence-corrected chi connectivity index (χ4v) is 1.41. The van der Waals surface area contributed by atoms with Crippen molar-refractivity contribution in [1.82, 2.24) is 5.32 Å². The molecule has 0 radical (unpaired) electrons. The molecule has 0 bridgehead atoms. The third-order valence-electron chi connectivity index (χ3n) is 1.62. The van der Waals surface area contributed by atoms with Gasteiger partial charge in [-0.3, -0.25) is 0 Å². The van der Waals surface area contributed by atoms with Gasteiger partial charge in [-0.25, -0.2) is 10.1 Å². The number of hydrogen-bond acceptors (Lipinski definition) is 7. The first-order valence-corrected chi connectivity index (χ1v) is 4.93. The van der Waals surface area contributed by atoms with Gasteiger partial charge in [-0.1, -0.05) is 4.33 Å². The van der Waals surface area contributed by atoms with Gasteiger partial charge in [-0.2, -0.15) is 8.42 Å². The van der Waals surface area contributed by atoms with Crippen LogP contribution < -0.4 is 5.32 Å². The zero-order chi connectivity index (χ0) is 9.90. The van der Waals surface area contributed by atoms with Crippen LogP contribution in [0.4, 0.5) is 0 Å². The van der Waals surface area contributed by atoms with E-state index in [1.165, 1.54) is 0 Å². The van der Waals surface area contributed by atoms with Crippen molar-refractivity contribution in [3.63, 3.8) is 0 Å². The molecule has 1 aliphatic rings. The summed E-state index contributed by atoms with van der Waals surface area (Å²) in [6, 6.07) is -0.634. The highest BCUT2D eigenvalue weighted by Crippen LogP contribution is 2.08. The Morgan fingerprint density at radius 2 is 2.23 bits per heavy atom. The van der Waals surface area contributed by atoms with E-state index in [9.17, 15) is 13.2 Å². The van der Waals surface area contributed by atoms with E-state index in [-0.39, 0.29) is 0 Å². The van der Waals surface area contributed by atoms with Crippen LogP contribution in [0.2, 0.25) is 0 Å². The molecule has 0 aromatic rings. The minimum Gasteiger partial charge on any atom is -0.322 e. The second kappa shape index (κ2) is 4.01. The van der Waals surface area contributed by atoms with Crippen LogP contribution in [-0.4, -0.2) is 32.2 Å². The lowest BCUT2D eigenvalue weighted by Gasteiger charge is -2.07. The van der Waals surface area contributed by atoms with Crippen LogP contribution in [0.5, 0.6) is 0 Å². The predicted octanol–water partition coefficient (Wildman–Crippen LogP) is -0.984. The first kappa shape index (κ1) is 10.4. The van der Waals surface area contributed by atoms with Crippen LogP contribution in [0.3, 0.4) is 0 Å². The van der Waals surface area contributed by atoms with Crippen LogP contribution in [0.1, 0.15) is 12.8 Å². The molecule has 7 nitrogen and oxygen atoms in total. The van der Waals surface area contributed by atoms with E-state index in [0.29, 0.717) is 13.0 Å². The summed E-state index contributed by atoms with van der Waals surface area (Å²) in [7, 11) is -4.59. The van der Waals surface area contributed by atoms with Gasteiger partial charge in [0.1, 0.15) is 6.04 Å². The Labute approximate surface area is 74.9 Å². The molecule has 1 saturated heterocycles. The summed E-state index contributed by atoms with van der Waals surface area (Å²) in [4.78, 5) is 11.0. The lowest BCUT2D eigenvalue weighted by Crippen LogP contribution is -2.34. The average Bonchev–Trinajstić information content (AvgIpc) is 2.55. The van der Waals surface area contributed by atoms with Crippen LogP contribution in [-0.2, 0) is 23.7 Å². The molecule has 8 heteroatoms. The van der Waals surface area contributed by atoms with Gasteiger partial charge in [-0.05, 0) is 19.4 Å². The zero-order valence-electron chi connectivity index (χ0n) is 6.60. The predicted molar refractivity (Wildman–Crippen MR) is 39.8 cm³/mol. The Balaban J connectivity index is 2.49. The summed E-state index contributed by atoms with van der Waals surface area (Å²) in [5.74, 6) is -0.966. The van der Waals surface area contributed by atoms with Crippen LogP contribution in [0, 0.1) is 0 Å². The van der Waals surface area contributed by atoms with Crippen LogP contribution >= 0.6 is 0 Å². The van der Waals surface area contributed by atoms with Gasteiger partial charge >= 0.3 is 16.4 Å². The smallest absolute Gasteiger partial charge is 0.322 e. The summed E-state index contributed by atoms with van der Waals surface area (Å²) in [5.41, 5.74) is 0. The van der Waals surface area contributed by atoms with Crippen molar-refractivity contribution < 1.29 is 27.0 Å². The maximum atomic E-state index is 11.0. The lowest BCUT2D eigenvalue weighted by atomic mass is 10.2. The van der Waals surface area contributed by atoms with Gasteiger partial charge in [0, 0.05) is 0 Å². The highest BCUT2D eigenvalue weighted by atomic mass is 32.3. The maximum Gasteiger partial charge on any atom is 0.478 e. The Kier molecular flexibility index (Phi) is 3.20. The van der Waals surface area contributed by atoms with Crippen molar-refractivity contribution in [1.29, 1.82) is 0 Å².